The molecule has 2 N–H and O–H groups in total. The first-order chi connectivity index (χ1) is 4.81. The van der Waals surface area contributed by atoms with Crippen LogP contribution in [0.3, 0.4) is 0 Å². The van der Waals surface area contributed by atoms with Crippen LogP contribution < -0.4 is 10.6 Å². The fourth-order valence-electron chi connectivity index (χ4n) is 0.527. The summed E-state index contributed by atoms with van der Waals surface area (Å²) in [4.78, 5) is 0. The van der Waals surface area contributed by atoms with E-state index in [-0.39, 0.29) is 0 Å². The van der Waals surface area contributed by atoms with Crippen molar-refractivity contribution in [2.24, 2.45) is 0 Å². The predicted molar refractivity (Wildman–Crippen MR) is 45.6 cm³/mol. The van der Waals surface area contributed by atoms with Gasteiger partial charge in [-0.3, -0.25) is 0 Å². The predicted octanol–water partition coefficient (Wildman–Crippen LogP) is 1.23. The van der Waals surface area contributed by atoms with Crippen LogP contribution in [0.2, 0.25) is 0 Å². The number of rotatable bonds is 4. The standard InChI is InChI=1S/C8H16N2/c1-4-5-6-8(2)10-7-9-3/h4-6,9-10H,7H2,1-3H3/b5-4-,8-6+. The third-order valence-electron chi connectivity index (χ3n) is 1.08. The van der Waals surface area contributed by atoms with Gasteiger partial charge in [0.2, 0.25) is 0 Å². The lowest BCUT2D eigenvalue weighted by atomic mass is 10.4. The van der Waals surface area contributed by atoms with Crippen LogP contribution in [-0.2, 0) is 0 Å². The lowest BCUT2D eigenvalue weighted by Crippen LogP contribution is -2.23. The number of allylic oxidation sites excluding steroid dienone is 4. The fourth-order valence-corrected chi connectivity index (χ4v) is 0.527. The van der Waals surface area contributed by atoms with Crippen molar-refractivity contribution in [3.63, 3.8) is 0 Å². The lowest BCUT2D eigenvalue weighted by Gasteiger charge is -2.02. The van der Waals surface area contributed by atoms with Crippen molar-refractivity contribution < 1.29 is 0 Å². The molecule has 0 radical (unpaired) electrons. The Morgan fingerprint density at radius 3 is 2.70 bits per heavy atom. The van der Waals surface area contributed by atoms with Crippen LogP contribution in [0, 0.1) is 0 Å². The molecule has 0 bridgehead atoms. The molecule has 0 aromatic rings. The first kappa shape index (κ1) is 9.24. The molecule has 0 rings (SSSR count). The Labute approximate surface area is 63.0 Å². The van der Waals surface area contributed by atoms with Crippen LogP contribution in [-0.4, -0.2) is 13.7 Å². The summed E-state index contributed by atoms with van der Waals surface area (Å²) in [5.74, 6) is 0. The average molecular weight is 140 g/mol. The largest absolute Gasteiger partial charge is 0.376 e. The van der Waals surface area contributed by atoms with E-state index in [0.29, 0.717) is 0 Å². The summed E-state index contributed by atoms with van der Waals surface area (Å²) in [6.45, 7) is 4.86. The van der Waals surface area contributed by atoms with Crippen LogP contribution in [0.5, 0.6) is 0 Å². The van der Waals surface area contributed by atoms with E-state index < -0.39 is 0 Å². The molecule has 10 heavy (non-hydrogen) atoms. The molecule has 0 unspecified atom stereocenters. The van der Waals surface area contributed by atoms with Crippen molar-refractivity contribution in [1.82, 2.24) is 10.6 Å². The van der Waals surface area contributed by atoms with E-state index in [1.165, 1.54) is 5.70 Å². The third kappa shape index (κ3) is 5.38. The zero-order valence-electron chi connectivity index (χ0n) is 6.94. The minimum Gasteiger partial charge on any atom is -0.376 e. The van der Waals surface area contributed by atoms with Gasteiger partial charge in [0.25, 0.3) is 0 Å². The Morgan fingerprint density at radius 1 is 1.50 bits per heavy atom. The summed E-state index contributed by atoms with van der Waals surface area (Å²) in [6.07, 6.45) is 6.06. The third-order valence-corrected chi connectivity index (χ3v) is 1.08. The topological polar surface area (TPSA) is 24.1 Å². The summed E-state index contributed by atoms with van der Waals surface area (Å²) in [6, 6.07) is 0. The van der Waals surface area contributed by atoms with Crippen molar-refractivity contribution in [2.75, 3.05) is 13.7 Å². The summed E-state index contributed by atoms with van der Waals surface area (Å²) in [7, 11) is 1.91. The first-order valence-electron chi connectivity index (χ1n) is 3.49. The van der Waals surface area contributed by atoms with Crippen LogP contribution in [0.15, 0.2) is 23.9 Å². The average Bonchev–Trinajstić information content (AvgIpc) is 1.97. The van der Waals surface area contributed by atoms with Crippen LogP contribution >= 0.6 is 0 Å². The van der Waals surface area contributed by atoms with E-state index in [1.807, 2.05) is 39.1 Å². The normalized spacial score (nSPS) is 12.5. The Kier molecular flexibility index (Phi) is 5.88. The first-order valence-corrected chi connectivity index (χ1v) is 3.49. The van der Waals surface area contributed by atoms with Gasteiger partial charge >= 0.3 is 0 Å². The van der Waals surface area contributed by atoms with Crippen LogP contribution in [0.1, 0.15) is 13.8 Å². The van der Waals surface area contributed by atoms with Crippen molar-refractivity contribution in [3.05, 3.63) is 23.9 Å². The number of nitrogens with one attached hydrogen (secondary N) is 2. The minimum atomic E-state index is 0.819. The highest BCUT2D eigenvalue weighted by molar-refractivity contribution is 5.07. The zero-order valence-corrected chi connectivity index (χ0v) is 6.94. The van der Waals surface area contributed by atoms with Gasteiger partial charge < -0.3 is 10.6 Å². The molecule has 0 fully saturated rings. The number of hydrogen-bond donors (Lipinski definition) is 2. The molecule has 0 saturated heterocycles. The second-order valence-corrected chi connectivity index (χ2v) is 2.08. The second-order valence-electron chi connectivity index (χ2n) is 2.08. The summed E-state index contributed by atoms with van der Waals surface area (Å²) < 4.78 is 0. The van der Waals surface area contributed by atoms with Gasteiger partial charge in [0, 0.05) is 5.70 Å². The van der Waals surface area contributed by atoms with Crippen molar-refractivity contribution in [1.29, 1.82) is 0 Å². The maximum atomic E-state index is 3.17. The molecule has 0 heterocycles. The molecule has 0 aliphatic carbocycles. The molecule has 2 heteroatoms. The highest BCUT2D eigenvalue weighted by atomic mass is 15.0. The van der Waals surface area contributed by atoms with Crippen molar-refractivity contribution in [2.45, 2.75) is 13.8 Å². The maximum Gasteiger partial charge on any atom is 0.0647 e. The van der Waals surface area contributed by atoms with Crippen LogP contribution in [0.25, 0.3) is 0 Å². The zero-order chi connectivity index (χ0) is 7.82. The van der Waals surface area contributed by atoms with Gasteiger partial charge in [-0.25, -0.2) is 0 Å². The highest BCUT2D eigenvalue weighted by Gasteiger charge is 1.80. The van der Waals surface area contributed by atoms with Gasteiger partial charge in [-0.2, -0.15) is 0 Å². The Morgan fingerprint density at radius 2 is 2.20 bits per heavy atom. The van der Waals surface area contributed by atoms with Crippen molar-refractivity contribution >= 4 is 0 Å². The Hall–Kier alpha value is -0.760. The molecule has 0 amide bonds. The van der Waals surface area contributed by atoms with Crippen LogP contribution in [0.4, 0.5) is 0 Å². The maximum absolute atomic E-state index is 3.17. The molecular weight excluding hydrogens is 124 g/mol. The monoisotopic (exact) mass is 140 g/mol. The lowest BCUT2D eigenvalue weighted by molar-refractivity contribution is 0.707. The molecule has 0 atom stereocenters. The fraction of sp³-hybridized carbons (Fsp3) is 0.500. The van der Waals surface area contributed by atoms with Gasteiger partial charge in [0.1, 0.15) is 0 Å². The van der Waals surface area contributed by atoms with E-state index in [4.69, 9.17) is 0 Å². The summed E-state index contributed by atoms with van der Waals surface area (Å²) in [5, 5.41) is 6.16. The molecule has 0 spiro atoms. The quantitative estimate of drug-likeness (QED) is 0.453. The summed E-state index contributed by atoms with van der Waals surface area (Å²) >= 11 is 0. The molecular formula is C8H16N2. The van der Waals surface area contributed by atoms with E-state index in [2.05, 4.69) is 10.6 Å². The minimum absolute atomic E-state index is 0.819. The molecule has 58 valence electrons. The molecule has 0 aliphatic heterocycles. The van der Waals surface area contributed by atoms with E-state index >= 15 is 0 Å². The van der Waals surface area contributed by atoms with Gasteiger partial charge in [-0.15, -0.1) is 0 Å². The second kappa shape index (κ2) is 6.36. The molecule has 0 aromatic carbocycles. The summed E-state index contributed by atoms with van der Waals surface area (Å²) in [5.41, 5.74) is 1.17. The van der Waals surface area contributed by atoms with Gasteiger partial charge in [-0.1, -0.05) is 12.2 Å². The Balaban J connectivity index is 3.49. The molecule has 0 saturated carbocycles. The molecule has 0 aliphatic rings. The van der Waals surface area contributed by atoms with Crippen molar-refractivity contribution in [3.8, 4) is 0 Å². The highest BCUT2D eigenvalue weighted by Crippen LogP contribution is 1.85. The van der Waals surface area contributed by atoms with E-state index in [0.717, 1.165) is 6.67 Å². The molecule has 0 aromatic heterocycles. The van der Waals surface area contributed by atoms with E-state index in [9.17, 15) is 0 Å². The Bertz CT molecular complexity index is 125. The van der Waals surface area contributed by atoms with Gasteiger partial charge in [-0.05, 0) is 27.0 Å². The number of hydrogen-bond acceptors (Lipinski definition) is 2. The van der Waals surface area contributed by atoms with Gasteiger partial charge in [0.05, 0.1) is 6.67 Å². The van der Waals surface area contributed by atoms with E-state index in [1.54, 1.807) is 0 Å². The van der Waals surface area contributed by atoms with Gasteiger partial charge in [0.15, 0.2) is 0 Å². The SMILES string of the molecule is C/C=C\C=C(/C)NCNC. The smallest absolute Gasteiger partial charge is 0.0647 e. The molecule has 2 nitrogen and oxygen atoms in total.